The highest BCUT2D eigenvalue weighted by atomic mass is 16.6. The zero-order valence-electron chi connectivity index (χ0n) is 11.9. The van der Waals surface area contributed by atoms with Gasteiger partial charge in [0.25, 0.3) is 0 Å². The van der Waals surface area contributed by atoms with Gasteiger partial charge in [0.2, 0.25) is 0 Å². The van der Waals surface area contributed by atoms with E-state index in [1.165, 1.54) is 12.8 Å². The second-order valence-corrected chi connectivity index (χ2v) is 4.87. The van der Waals surface area contributed by atoms with Gasteiger partial charge in [0, 0.05) is 6.42 Å². The number of carbonyl (C=O) groups is 2. The van der Waals surface area contributed by atoms with E-state index in [2.05, 4.69) is 6.92 Å². The molecule has 0 spiro atoms. The maximum absolute atomic E-state index is 11.5. The third-order valence-electron chi connectivity index (χ3n) is 3.23. The first-order chi connectivity index (χ1) is 8.52. The maximum Gasteiger partial charge on any atom is 0.330 e. The Morgan fingerprint density at radius 2 is 1.72 bits per heavy atom. The number of ether oxygens (including phenoxy) is 1. The molecule has 0 saturated carbocycles. The smallest absolute Gasteiger partial charge is 0.330 e. The van der Waals surface area contributed by atoms with Gasteiger partial charge in [0.05, 0.1) is 0 Å². The van der Waals surface area contributed by atoms with Crippen LogP contribution in [0.5, 0.6) is 0 Å². The molecule has 4 nitrogen and oxygen atoms in total. The average molecular weight is 257 g/mol. The lowest BCUT2D eigenvalue weighted by Crippen LogP contribution is -2.39. The van der Waals surface area contributed by atoms with Crippen LogP contribution in [0.4, 0.5) is 0 Å². The summed E-state index contributed by atoms with van der Waals surface area (Å²) < 4.78 is 4.74. The molecule has 0 aromatic heterocycles. The predicted octanol–water partition coefficient (Wildman–Crippen LogP) is 2.79. The second-order valence-electron chi connectivity index (χ2n) is 4.87. The van der Waals surface area contributed by atoms with Crippen molar-refractivity contribution < 1.29 is 14.3 Å². The van der Waals surface area contributed by atoms with E-state index in [-0.39, 0.29) is 5.92 Å². The SMILES string of the molecule is CCCCCCCC(=O)OC(=O)[C@@H](N)[C@@H](C)CC. The highest BCUT2D eigenvalue weighted by Crippen LogP contribution is 2.09. The van der Waals surface area contributed by atoms with E-state index < -0.39 is 18.0 Å². The molecule has 2 N–H and O–H groups in total. The number of nitrogens with two attached hydrogens (primary N) is 1. The molecule has 0 bridgehead atoms. The molecule has 0 aromatic rings. The number of esters is 2. The molecule has 2 atom stereocenters. The zero-order valence-corrected chi connectivity index (χ0v) is 11.9. The van der Waals surface area contributed by atoms with Crippen molar-refractivity contribution in [2.24, 2.45) is 11.7 Å². The molecule has 18 heavy (non-hydrogen) atoms. The van der Waals surface area contributed by atoms with E-state index in [4.69, 9.17) is 10.5 Å². The van der Waals surface area contributed by atoms with Crippen LogP contribution in [-0.4, -0.2) is 18.0 Å². The largest absolute Gasteiger partial charge is 0.392 e. The number of carbonyl (C=O) groups excluding carboxylic acids is 2. The fraction of sp³-hybridized carbons (Fsp3) is 0.857. The number of unbranched alkanes of at least 4 members (excludes halogenated alkanes) is 4. The van der Waals surface area contributed by atoms with Gasteiger partial charge >= 0.3 is 11.9 Å². The average Bonchev–Trinajstić information content (AvgIpc) is 2.36. The van der Waals surface area contributed by atoms with Crippen molar-refractivity contribution in [2.45, 2.75) is 71.8 Å². The minimum Gasteiger partial charge on any atom is -0.392 e. The van der Waals surface area contributed by atoms with Gasteiger partial charge in [-0.2, -0.15) is 0 Å². The van der Waals surface area contributed by atoms with Crippen molar-refractivity contribution in [3.8, 4) is 0 Å². The van der Waals surface area contributed by atoms with Crippen molar-refractivity contribution >= 4 is 11.9 Å². The number of rotatable bonds is 9. The number of hydrogen-bond donors (Lipinski definition) is 1. The second kappa shape index (κ2) is 10.1. The van der Waals surface area contributed by atoms with Crippen LogP contribution in [0.3, 0.4) is 0 Å². The highest BCUT2D eigenvalue weighted by Gasteiger charge is 2.23. The Hall–Kier alpha value is -0.900. The zero-order chi connectivity index (χ0) is 14.0. The van der Waals surface area contributed by atoms with Gasteiger partial charge in [0.15, 0.2) is 0 Å². The van der Waals surface area contributed by atoms with Crippen molar-refractivity contribution in [1.82, 2.24) is 0 Å². The van der Waals surface area contributed by atoms with E-state index >= 15 is 0 Å². The van der Waals surface area contributed by atoms with Crippen LogP contribution in [0.25, 0.3) is 0 Å². The fourth-order valence-electron chi connectivity index (χ4n) is 1.59. The Balaban J connectivity index is 3.77. The molecule has 0 aliphatic rings. The van der Waals surface area contributed by atoms with Gasteiger partial charge in [-0.3, -0.25) is 4.79 Å². The van der Waals surface area contributed by atoms with Gasteiger partial charge in [-0.1, -0.05) is 52.9 Å². The Morgan fingerprint density at radius 1 is 1.11 bits per heavy atom. The molecule has 0 aromatic carbocycles. The molecular formula is C14H27NO3. The lowest BCUT2D eigenvalue weighted by Gasteiger charge is -2.15. The summed E-state index contributed by atoms with van der Waals surface area (Å²) >= 11 is 0. The van der Waals surface area contributed by atoms with Gasteiger partial charge < -0.3 is 10.5 Å². The topological polar surface area (TPSA) is 69.4 Å². The summed E-state index contributed by atoms with van der Waals surface area (Å²) in [5.41, 5.74) is 5.69. The Morgan fingerprint density at radius 3 is 2.28 bits per heavy atom. The Bertz CT molecular complexity index is 253. The molecule has 0 rings (SSSR count). The molecule has 4 heteroatoms. The summed E-state index contributed by atoms with van der Waals surface area (Å²) in [7, 11) is 0. The summed E-state index contributed by atoms with van der Waals surface area (Å²) in [4.78, 5) is 22.9. The summed E-state index contributed by atoms with van der Waals surface area (Å²) in [6.07, 6.45) is 6.38. The van der Waals surface area contributed by atoms with E-state index in [1.807, 2.05) is 13.8 Å². The summed E-state index contributed by atoms with van der Waals surface area (Å²) in [6.45, 7) is 5.97. The van der Waals surface area contributed by atoms with Crippen LogP contribution in [0.1, 0.15) is 65.7 Å². The van der Waals surface area contributed by atoms with Crippen LogP contribution < -0.4 is 5.73 Å². The Labute approximate surface area is 110 Å². The first-order valence-electron chi connectivity index (χ1n) is 7.03. The normalized spacial score (nSPS) is 14.0. The van der Waals surface area contributed by atoms with E-state index in [0.717, 1.165) is 25.7 Å². The van der Waals surface area contributed by atoms with Crippen LogP contribution in [0.15, 0.2) is 0 Å². The van der Waals surface area contributed by atoms with Gasteiger partial charge in [-0.15, -0.1) is 0 Å². The minimum absolute atomic E-state index is 0.0369. The van der Waals surface area contributed by atoms with E-state index in [0.29, 0.717) is 6.42 Å². The summed E-state index contributed by atoms with van der Waals surface area (Å²) in [5.74, 6) is -1.01. The summed E-state index contributed by atoms with van der Waals surface area (Å²) in [5, 5.41) is 0. The fourth-order valence-corrected chi connectivity index (χ4v) is 1.59. The van der Waals surface area contributed by atoms with Crippen LogP contribution in [-0.2, 0) is 14.3 Å². The summed E-state index contributed by atoms with van der Waals surface area (Å²) in [6, 6.07) is -0.695. The van der Waals surface area contributed by atoms with Crippen molar-refractivity contribution in [2.75, 3.05) is 0 Å². The van der Waals surface area contributed by atoms with Crippen LogP contribution in [0, 0.1) is 5.92 Å². The molecular weight excluding hydrogens is 230 g/mol. The van der Waals surface area contributed by atoms with Crippen LogP contribution in [0.2, 0.25) is 0 Å². The van der Waals surface area contributed by atoms with Crippen molar-refractivity contribution in [1.29, 1.82) is 0 Å². The molecule has 0 unspecified atom stereocenters. The molecule has 0 amide bonds. The van der Waals surface area contributed by atoms with Crippen LogP contribution >= 0.6 is 0 Å². The molecule has 0 aliphatic carbocycles. The standard InChI is InChI=1S/C14H27NO3/c1-4-6-7-8-9-10-12(16)18-14(17)13(15)11(3)5-2/h11,13H,4-10,15H2,1-3H3/t11-,13-/m0/s1. The minimum atomic E-state index is -0.695. The highest BCUT2D eigenvalue weighted by molar-refractivity contribution is 5.88. The molecule has 106 valence electrons. The monoisotopic (exact) mass is 257 g/mol. The molecule has 0 radical (unpaired) electrons. The third-order valence-corrected chi connectivity index (χ3v) is 3.23. The Kier molecular flexibility index (Phi) is 9.56. The van der Waals surface area contributed by atoms with E-state index in [1.54, 1.807) is 0 Å². The molecule has 0 aliphatic heterocycles. The van der Waals surface area contributed by atoms with Gasteiger partial charge in [-0.05, 0) is 12.3 Å². The third kappa shape index (κ3) is 7.43. The molecule has 0 fully saturated rings. The lowest BCUT2D eigenvalue weighted by molar-refractivity contribution is -0.161. The predicted molar refractivity (Wildman–Crippen MR) is 71.9 cm³/mol. The first kappa shape index (κ1) is 17.1. The molecule has 0 heterocycles. The number of hydrogen-bond acceptors (Lipinski definition) is 4. The van der Waals surface area contributed by atoms with Gasteiger partial charge in [-0.25, -0.2) is 4.79 Å². The first-order valence-corrected chi connectivity index (χ1v) is 7.03. The quantitative estimate of drug-likeness (QED) is 0.392. The van der Waals surface area contributed by atoms with E-state index in [9.17, 15) is 9.59 Å². The van der Waals surface area contributed by atoms with Gasteiger partial charge in [0.1, 0.15) is 6.04 Å². The molecule has 0 saturated heterocycles. The van der Waals surface area contributed by atoms with Crippen molar-refractivity contribution in [3.63, 3.8) is 0 Å². The maximum atomic E-state index is 11.5. The van der Waals surface area contributed by atoms with Crippen molar-refractivity contribution in [3.05, 3.63) is 0 Å². The lowest BCUT2D eigenvalue weighted by atomic mass is 10.0.